The average Bonchev–Trinajstić information content (AvgIpc) is 2.97. The van der Waals surface area contributed by atoms with Crippen molar-refractivity contribution in [3.8, 4) is 11.3 Å². The second kappa shape index (κ2) is 7.49. The third-order valence-electron chi connectivity index (χ3n) is 3.76. The summed E-state index contributed by atoms with van der Waals surface area (Å²) in [5, 5.41) is 4.56. The second-order valence-electron chi connectivity index (χ2n) is 5.55. The molecule has 0 N–H and O–H groups in total. The van der Waals surface area contributed by atoms with Crippen molar-refractivity contribution in [3.63, 3.8) is 0 Å². The van der Waals surface area contributed by atoms with Gasteiger partial charge in [-0.1, -0.05) is 28.9 Å². The van der Waals surface area contributed by atoms with Crippen LogP contribution in [0.1, 0.15) is 16.8 Å². The predicted octanol–water partition coefficient (Wildman–Crippen LogP) is 4.73. The zero-order valence-electron chi connectivity index (χ0n) is 13.5. The molecule has 0 amide bonds. The summed E-state index contributed by atoms with van der Waals surface area (Å²) < 4.78 is 23.6. The van der Waals surface area contributed by atoms with Crippen LogP contribution in [0.2, 0.25) is 5.02 Å². The molecule has 128 valence electrons. The Labute approximate surface area is 149 Å². The maximum absolute atomic E-state index is 13.0. The third kappa shape index (κ3) is 4.25. The van der Waals surface area contributed by atoms with Gasteiger partial charge in [-0.15, -0.1) is 0 Å². The minimum absolute atomic E-state index is 0.0168. The van der Waals surface area contributed by atoms with Crippen LogP contribution in [0.25, 0.3) is 11.3 Å². The van der Waals surface area contributed by atoms with Gasteiger partial charge in [-0.2, -0.15) is 0 Å². The van der Waals surface area contributed by atoms with Gasteiger partial charge in [-0.25, -0.2) is 4.39 Å². The number of halogens is 2. The Morgan fingerprint density at radius 1 is 1.16 bits per heavy atom. The maximum Gasteiger partial charge on any atom is 0.310 e. The van der Waals surface area contributed by atoms with Crippen LogP contribution in [0.5, 0.6) is 0 Å². The van der Waals surface area contributed by atoms with Crippen LogP contribution in [-0.4, -0.2) is 11.1 Å². The summed E-state index contributed by atoms with van der Waals surface area (Å²) in [5.41, 5.74) is 2.82. The number of carbonyl (C=O) groups is 1. The Bertz CT molecular complexity index is 873. The van der Waals surface area contributed by atoms with Crippen molar-refractivity contribution in [1.82, 2.24) is 5.16 Å². The number of hydrogen-bond donors (Lipinski definition) is 0. The van der Waals surface area contributed by atoms with Crippen molar-refractivity contribution in [2.24, 2.45) is 0 Å². The van der Waals surface area contributed by atoms with Gasteiger partial charge in [0.05, 0.1) is 6.42 Å². The highest BCUT2D eigenvalue weighted by atomic mass is 35.5. The fourth-order valence-corrected chi connectivity index (χ4v) is 2.47. The number of nitrogens with zero attached hydrogens (tertiary/aromatic N) is 1. The molecular weight excluding hydrogens is 345 g/mol. The van der Waals surface area contributed by atoms with Crippen molar-refractivity contribution >= 4 is 17.6 Å². The summed E-state index contributed by atoms with van der Waals surface area (Å²) in [6.45, 7) is 1.83. The van der Waals surface area contributed by atoms with Crippen LogP contribution in [0, 0.1) is 12.7 Å². The van der Waals surface area contributed by atoms with Gasteiger partial charge in [0.25, 0.3) is 0 Å². The van der Waals surface area contributed by atoms with E-state index in [9.17, 15) is 9.18 Å². The number of ether oxygens (including phenoxy) is 1. The van der Waals surface area contributed by atoms with E-state index in [4.69, 9.17) is 20.9 Å². The summed E-state index contributed by atoms with van der Waals surface area (Å²) >= 11 is 5.81. The van der Waals surface area contributed by atoms with E-state index < -0.39 is 0 Å². The lowest BCUT2D eigenvalue weighted by molar-refractivity contribution is -0.144. The van der Waals surface area contributed by atoms with Gasteiger partial charge in [-0.3, -0.25) is 4.79 Å². The van der Waals surface area contributed by atoms with Crippen LogP contribution >= 0.6 is 11.6 Å². The number of rotatable bonds is 5. The van der Waals surface area contributed by atoms with Crippen molar-refractivity contribution in [2.45, 2.75) is 20.0 Å². The average molecular weight is 360 g/mol. The number of aromatic nitrogens is 1. The maximum atomic E-state index is 13.0. The Morgan fingerprint density at radius 2 is 1.84 bits per heavy atom. The fourth-order valence-electron chi connectivity index (χ4n) is 2.34. The molecule has 0 aliphatic heterocycles. The van der Waals surface area contributed by atoms with Crippen molar-refractivity contribution in [2.75, 3.05) is 0 Å². The van der Waals surface area contributed by atoms with Crippen LogP contribution in [0.4, 0.5) is 4.39 Å². The first-order valence-electron chi connectivity index (χ1n) is 7.64. The molecule has 0 unspecified atom stereocenters. The minimum Gasteiger partial charge on any atom is -0.459 e. The molecular formula is C19H15ClFNO3. The van der Waals surface area contributed by atoms with E-state index in [1.165, 1.54) is 12.1 Å². The van der Waals surface area contributed by atoms with E-state index in [0.29, 0.717) is 22.0 Å². The molecule has 1 heterocycles. The SMILES string of the molecule is Cc1c(COC(=O)Cc2ccc(Cl)cc2)noc1-c1ccc(F)cc1. The summed E-state index contributed by atoms with van der Waals surface area (Å²) in [4.78, 5) is 11.9. The molecule has 0 radical (unpaired) electrons. The van der Waals surface area contributed by atoms with Crippen LogP contribution in [0.3, 0.4) is 0 Å². The first-order valence-corrected chi connectivity index (χ1v) is 8.02. The highest BCUT2D eigenvalue weighted by Crippen LogP contribution is 2.26. The normalized spacial score (nSPS) is 10.7. The second-order valence-corrected chi connectivity index (χ2v) is 5.99. The Morgan fingerprint density at radius 3 is 2.52 bits per heavy atom. The molecule has 4 nitrogen and oxygen atoms in total. The molecule has 3 rings (SSSR count). The van der Waals surface area contributed by atoms with Crippen molar-refractivity contribution in [1.29, 1.82) is 0 Å². The summed E-state index contributed by atoms with van der Waals surface area (Å²) in [5.74, 6) is -0.158. The van der Waals surface area contributed by atoms with Gasteiger partial charge in [0.1, 0.15) is 18.1 Å². The quantitative estimate of drug-likeness (QED) is 0.618. The summed E-state index contributed by atoms with van der Waals surface area (Å²) in [6, 6.07) is 12.9. The zero-order chi connectivity index (χ0) is 17.8. The van der Waals surface area contributed by atoms with E-state index >= 15 is 0 Å². The van der Waals surface area contributed by atoms with Gasteiger partial charge in [0.2, 0.25) is 0 Å². The Balaban J connectivity index is 1.62. The standard InChI is InChI=1S/C19H15ClFNO3/c1-12-17(22-25-19(12)14-4-8-16(21)9-5-14)11-24-18(23)10-13-2-6-15(20)7-3-13/h2-9H,10-11H2,1H3. The number of carbonyl (C=O) groups excluding carboxylic acids is 1. The molecule has 6 heteroatoms. The van der Waals surface area contributed by atoms with Crippen molar-refractivity contribution in [3.05, 3.63) is 76.2 Å². The first kappa shape index (κ1) is 17.2. The van der Waals surface area contributed by atoms with Gasteiger partial charge >= 0.3 is 5.97 Å². The van der Waals surface area contributed by atoms with E-state index in [-0.39, 0.29) is 24.8 Å². The number of benzene rings is 2. The minimum atomic E-state index is -0.368. The topological polar surface area (TPSA) is 52.3 Å². The van der Waals surface area contributed by atoms with Crippen LogP contribution < -0.4 is 0 Å². The lowest BCUT2D eigenvalue weighted by atomic mass is 10.1. The van der Waals surface area contributed by atoms with Crippen LogP contribution in [-0.2, 0) is 22.6 Å². The third-order valence-corrected chi connectivity index (χ3v) is 4.01. The molecule has 0 aliphatic carbocycles. The fraction of sp³-hybridized carbons (Fsp3) is 0.158. The van der Waals surface area contributed by atoms with E-state index in [1.54, 1.807) is 36.4 Å². The Hall–Kier alpha value is -2.66. The zero-order valence-corrected chi connectivity index (χ0v) is 14.2. The Kier molecular flexibility index (Phi) is 5.14. The number of esters is 1. The van der Waals surface area contributed by atoms with Gasteiger partial charge in [0.15, 0.2) is 5.76 Å². The highest BCUT2D eigenvalue weighted by molar-refractivity contribution is 6.30. The van der Waals surface area contributed by atoms with E-state index in [1.807, 2.05) is 6.92 Å². The number of hydrogen-bond acceptors (Lipinski definition) is 4. The lowest BCUT2D eigenvalue weighted by Crippen LogP contribution is -2.08. The molecule has 0 aliphatic rings. The van der Waals surface area contributed by atoms with Gasteiger partial charge in [0, 0.05) is 16.1 Å². The molecule has 0 bridgehead atoms. The summed E-state index contributed by atoms with van der Waals surface area (Å²) in [7, 11) is 0. The van der Waals surface area contributed by atoms with E-state index in [2.05, 4.69) is 5.16 Å². The molecule has 25 heavy (non-hydrogen) atoms. The molecule has 0 saturated carbocycles. The van der Waals surface area contributed by atoms with Gasteiger partial charge in [-0.05, 0) is 48.9 Å². The van der Waals surface area contributed by atoms with E-state index in [0.717, 1.165) is 11.1 Å². The lowest BCUT2D eigenvalue weighted by Gasteiger charge is -2.04. The van der Waals surface area contributed by atoms with Gasteiger partial charge < -0.3 is 9.26 Å². The molecule has 0 fully saturated rings. The smallest absolute Gasteiger partial charge is 0.310 e. The molecule has 3 aromatic rings. The first-order chi connectivity index (χ1) is 12.0. The molecule has 0 saturated heterocycles. The van der Waals surface area contributed by atoms with Crippen molar-refractivity contribution < 1.29 is 18.4 Å². The highest BCUT2D eigenvalue weighted by Gasteiger charge is 2.15. The van der Waals surface area contributed by atoms with Crippen LogP contribution in [0.15, 0.2) is 53.1 Å². The molecule has 0 spiro atoms. The monoisotopic (exact) mass is 359 g/mol. The molecule has 1 aromatic heterocycles. The predicted molar refractivity (Wildman–Crippen MR) is 91.6 cm³/mol. The molecule has 0 atom stereocenters. The largest absolute Gasteiger partial charge is 0.459 e. The molecule has 2 aromatic carbocycles. The summed E-state index contributed by atoms with van der Waals surface area (Å²) in [6.07, 6.45) is 0.152.